The number of hydrogen-bond acceptors (Lipinski definition) is 6. The average molecular weight is 537 g/mol. The van der Waals surface area contributed by atoms with E-state index in [1.165, 1.54) is 13.2 Å². The molecule has 39 heavy (non-hydrogen) atoms. The molecule has 9 heteroatoms. The van der Waals surface area contributed by atoms with Gasteiger partial charge in [-0.05, 0) is 53.9 Å². The molecule has 0 aliphatic carbocycles. The fourth-order valence-corrected chi connectivity index (χ4v) is 4.17. The third-order valence-corrected chi connectivity index (χ3v) is 6.25. The molecule has 0 spiro atoms. The summed E-state index contributed by atoms with van der Waals surface area (Å²) in [4.78, 5) is 13.4. The van der Waals surface area contributed by atoms with Gasteiger partial charge in [-0.15, -0.1) is 10.2 Å². The molecule has 0 fully saturated rings. The maximum Gasteiger partial charge on any atom is 0.416 e. The number of halogens is 3. The van der Waals surface area contributed by atoms with Gasteiger partial charge in [0.15, 0.2) is 5.78 Å². The fourth-order valence-electron chi connectivity index (χ4n) is 4.17. The van der Waals surface area contributed by atoms with Gasteiger partial charge in [-0.2, -0.15) is 13.2 Å². The van der Waals surface area contributed by atoms with Crippen molar-refractivity contribution in [3.05, 3.63) is 106 Å². The Morgan fingerprint density at radius 2 is 1.59 bits per heavy atom. The number of carbonyl (C=O) groups excluding carboxylic acids is 1. The second-order valence-corrected chi connectivity index (χ2v) is 8.84. The van der Waals surface area contributed by atoms with Crippen molar-refractivity contribution < 1.29 is 32.2 Å². The van der Waals surface area contributed by atoms with Crippen molar-refractivity contribution in [1.29, 1.82) is 0 Å². The van der Waals surface area contributed by atoms with E-state index in [0.29, 0.717) is 34.7 Å². The Kier molecular flexibility index (Phi) is 8.61. The maximum absolute atomic E-state index is 13.4. The lowest BCUT2D eigenvalue weighted by atomic mass is 9.97. The number of alkyl halides is 3. The zero-order valence-electron chi connectivity index (χ0n) is 21.7. The van der Waals surface area contributed by atoms with Crippen molar-refractivity contribution >= 4 is 5.78 Å². The van der Waals surface area contributed by atoms with E-state index in [4.69, 9.17) is 14.2 Å². The second-order valence-electron chi connectivity index (χ2n) is 8.84. The summed E-state index contributed by atoms with van der Waals surface area (Å²) >= 11 is 0. The molecule has 0 radical (unpaired) electrons. The lowest BCUT2D eigenvalue weighted by Gasteiger charge is -2.17. The fraction of sp³-hybridized carbons (Fsp3) is 0.233. The van der Waals surface area contributed by atoms with Gasteiger partial charge < -0.3 is 14.2 Å². The largest absolute Gasteiger partial charge is 0.497 e. The number of methoxy groups -OCH3 is 2. The van der Waals surface area contributed by atoms with Crippen LogP contribution < -0.4 is 9.47 Å². The van der Waals surface area contributed by atoms with Crippen LogP contribution in [0.5, 0.6) is 11.5 Å². The first-order chi connectivity index (χ1) is 18.7. The molecule has 1 heterocycles. The number of nitrogens with zero attached hydrogens (tertiary/aromatic N) is 2. The van der Waals surface area contributed by atoms with Gasteiger partial charge in [0.05, 0.1) is 38.7 Å². The van der Waals surface area contributed by atoms with Crippen LogP contribution >= 0.6 is 0 Å². The number of carbonyl (C=O) groups is 1. The summed E-state index contributed by atoms with van der Waals surface area (Å²) in [6, 6.07) is 19.9. The molecule has 0 unspecified atom stereocenters. The number of hydrogen-bond donors (Lipinski definition) is 0. The minimum Gasteiger partial charge on any atom is -0.497 e. The van der Waals surface area contributed by atoms with E-state index in [9.17, 15) is 18.0 Å². The lowest BCUT2D eigenvalue weighted by Crippen LogP contribution is -2.15. The first-order valence-electron chi connectivity index (χ1n) is 12.1. The number of rotatable bonds is 10. The van der Waals surface area contributed by atoms with Crippen LogP contribution in [0.4, 0.5) is 13.2 Å². The predicted octanol–water partition coefficient (Wildman–Crippen LogP) is 6.63. The smallest absolute Gasteiger partial charge is 0.416 e. The zero-order chi connectivity index (χ0) is 28.0. The van der Waals surface area contributed by atoms with Crippen molar-refractivity contribution in [2.75, 3.05) is 14.2 Å². The van der Waals surface area contributed by atoms with Crippen LogP contribution in [0.3, 0.4) is 0 Å². The molecule has 0 amide bonds. The summed E-state index contributed by atoms with van der Waals surface area (Å²) in [6.45, 7) is 2.08. The van der Waals surface area contributed by atoms with Crippen LogP contribution in [0.25, 0.3) is 11.3 Å². The number of ether oxygens (including phenoxy) is 3. The van der Waals surface area contributed by atoms with Crippen LogP contribution in [0.15, 0.2) is 72.8 Å². The van der Waals surface area contributed by atoms with Gasteiger partial charge in [0.1, 0.15) is 17.2 Å². The van der Waals surface area contributed by atoms with E-state index in [0.717, 1.165) is 23.3 Å². The standard InChI is InChI=1S/C30H27F3N2O4/c1-19-25(18-39-17-20-8-5-4-6-9-20)29(26(36)15-21-10-7-11-23(14-21)37-2)35-34-28(19)24-13-12-22(30(31,32)33)16-27(24)38-3/h4-14,16H,15,17-18H2,1-3H3. The molecular weight excluding hydrogens is 509 g/mol. The molecule has 6 nitrogen and oxygen atoms in total. The summed E-state index contributed by atoms with van der Waals surface area (Å²) in [6.07, 6.45) is -4.47. The molecule has 0 atom stereocenters. The number of benzene rings is 3. The second kappa shape index (κ2) is 12.1. The zero-order valence-corrected chi connectivity index (χ0v) is 21.7. The van der Waals surface area contributed by atoms with Gasteiger partial charge in [-0.3, -0.25) is 4.79 Å². The Bertz CT molecular complexity index is 1460. The topological polar surface area (TPSA) is 70.5 Å². The third kappa shape index (κ3) is 6.61. The summed E-state index contributed by atoms with van der Waals surface area (Å²) in [5.41, 5.74) is 2.68. The van der Waals surface area contributed by atoms with Crippen molar-refractivity contribution in [1.82, 2.24) is 10.2 Å². The SMILES string of the molecule is COc1cccc(CC(=O)c2nnc(-c3ccc(C(F)(F)F)cc3OC)c(C)c2COCc2ccccc2)c1. The van der Waals surface area contributed by atoms with Gasteiger partial charge in [-0.1, -0.05) is 42.5 Å². The average Bonchev–Trinajstić information content (AvgIpc) is 2.93. The van der Waals surface area contributed by atoms with Crippen LogP contribution in [0.1, 0.15) is 38.3 Å². The molecule has 3 aromatic carbocycles. The summed E-state index contributed by atoms with van der Waals surface area (Å²) in [7, 11) is 2.84. The molecule has 4 aromatic rings. The van der Waals surface area contributed by atoms with Gasteiger partial charge >= 0.3 is 6.18 Å². The molecule has 0 aliphatic rings. The Labute approximate surface area is 224 Å². The summed E-state index contributed by atoms with van der Waals surface area (Å²) < 4.78 is 56.3. The molecular formula is C30H27F3N2O4. The van der Waals surface area contributed by atoms with Crippen molar-refractivity contribution in [2.45, 2.75) is 32.7 Å². The van der Waals surface area contributed by atoms with Crippen molar-refractivity contribution in [2.24, 2.45) is 0 Å². The van der Waals surface area contributed by atoms with Gasteiger partial charge in [0.25, 0.3) is 0 Å². The molecule has 202 valence electrons. The highest BCUT2D eigenvalue weighted by molar-refractivity contribution is 5.97. The molecule has 0 aliphatic heterocycles. The van der Waals surface area contributed by atoms with Gasteiger partial charge in [-0.25, -0.2) is 0 Å². The first kappa shape index (κ1) is 27.8. The van der Waals surface area contributed by atoms with E-state index in [1.54, 1.807) is 32.2 Å². The Balaban J connectivity index is 1.72. The predicted molar refractivity (Wildman–Crippen MR) is 140 cm³/mol. The summed E-state index contributed by atoms with van der Waals surface area (Å²) in [5, 5.41) is 8.50. The van der Waals surface area contributed by atoms with Crippen LogP contribution in [-0.2, 0) is 30.5 Å². The van der Waals surface area contributed by atoms with E-state index < -0.39 is 11.7 Å². The van der Waals surface area contributed by atoms with E-state index >= 15 is 0 Å². The molecule has 1 aromatic heterocycles. The van der Waals surface area contributed by atoms with Gasteiger partial charge in [0.2, 0.25) is 0 Å². The third-order valence-electron chi connectivity index (χ3n) is 6.25. The van der Waals surface area contributed by atoms with Crippen LogP contribution in [-0.4, -0.2) is 30.2 Å². The minimum atomic E-state index is -4.53. The number of Topliss-reactive ketones (excluding diaryl/α,β-unsaturated/α-hetero) is 1. The van der Waals surface area contributed by atoms with Crippen LogP contribution in [0.2, 0.25) is 0 Å². The van der Waals surface area contributed by atoms with Gasteiger partial charge in [0, 0.05) is 17.5 Å². The summed E-state index contributed by atoms with van der Waals surface area (Å²) in [5.74, 6) is 0.343. The maximum atomic E-state index is 13.4. The first-order valence-corrected chi connectivity index (χ1v) is 12.1. The van der Waals surface area contributed by atoms with E-state index in [1.807, 2.05) is 36.4 Å². The highest BCUT2D eigenvalue weighted by Gasteiger charge is 2.32. The number of aromatic nitrogens is 2. The Hall–Kier alpha value is -4.24. The lowest BCUT2D eigenvalue weighted by molar-refractivity contribution is -0.137. The Morgan fingerprint density at radius 1 is 0.846 bits per heavy atom. The van der Waals surface area contributed by atoms with Crippen molar-refractivity contribution in [3.8, 4) is 22.8 Å². The quantitative estimate of drug-likeness (QED) is 0.212. The molecule has 0 bridgehead atoms. The number of ketones is 1. The van der Waals surface area contributed by atoms with Crippen molar-refractivity contribution in [3.63, 3.8) is 0 Å². The normalized spacial score (nSPS) is 11.3. The highest BCUT2D eigenvalue weighted by Crippen LogP contribution is 2.38. The molecule has 0 saturated carbocycles. The van der Waals surface area contributed by atoms with E-state index in [-0.39, 0.29) is 30.3 Å². The minimum absolute atomic E-state index is 0.00571. The molecule has 0 saturated heterocycles. The van der Waals surface area contributed by atoms with Crippen LogP contribution in [0, 0.1) is 6.92 Å². The highest BCUT2D eigenvalue weighted by atomic mass is 19.4. The van der Waals surface area contributed by atoms with E-state index in [2.05, 4.69) is 10.2 Å². The molecule has 0 N–H and O–H groups in total. The monoisotopic (exact) mass is 536 g/mol. The Morgan fingerprint density at radius 3 is 2.28 bits per heavy atom. The molecule has 4 rings (SSSR count).